The second-order valence-electron chi connectivity index (χ2n) is 7.78. The molecule has 3 rings (SSSR count). The van der Waals surface area contributed by atoms with Crippen LogP contribution in [0, 0.1) is 11.8 Å². The lowest BCUT2D eigenvalue weighted by Crippen LogP contribution is -2.43. The molecule has 130 valence electrons. The number of fused-ring (bicyclic) bond motifs is 3. The van der Waals surface area contributed by atoms with Crippen LogP contribution in [0.5, 0.6) is 0 Å². The van der Waals surface area contributed by atoms with Gasteiger partial charge in [-0.15, -0.1) is 0 Å². The first-order valence-corrected chi connectivity index (χ1v) is 8.69. The van der Waals surface area contributed by atoms with Crippen molar-refractivity contribution in [2.45, 2.75) is 65.1 Å². The fourth-order valence-electron chi connectivity index (χ4n) is 4.50. The largest absolute Gasteiger partial charge is 0.458 e. The Balaban J connectivity index is 1.97. The number of hydrogen-bond donors (Lipinski definition) is 0. The van der Waals surface area contributed by atoms with Crippen molar-refractivity contribution in [3.05, 3.63) is 34.9 Å². The van der Waals surface area contributed by atoms with Gasteiger partial charge in [0, 0.05) is 17.6 Å². The molecule has 0 aromatic rings. The van der Waals surface area contributed by atoms with Gasteiger partial charge in [0.2, 0.25) is 0 Å². The van der Waals surface area contributed by atoms with Gasteiger partial charge in [-0.2, -0.15) is 0 Å². The lowest BCUT2D eigenvalue weighted by atomic mass is 9.79. The van der Waals surface area contributed by atoms with E-state index in [0.717, 1.165) is 31.3 Å². The molecule has 0 aromatic carbocycles. The van der Waals surface area contributed by atoms with Crippen LogP contribution in [0.25, 0.3) is 0 Å². The lowest BCUT2D eigenvalue weighted by Gasteiger charge is -2.35. The van der Waals surface area contributed by atoms with Gasteiger partial charge in [0.25, 0.3) is 0 Å². The van der Waals surface area contributed by atoms with Gasteiger partial charge in [-0.25, -0.2) is 9.59 Å². The molecule has 0 aromatic heterocycles. The van der Waals surface area contributed by atoms with Crippen molar-refractivity contribution < 1.29 is 19.1 Å². The third kappa shape index (κ3) is 2.72. The minimum atomic E-state index is -0.641. The van der Waals surface area contributed by atoms with Gasteiger partial charge in [-0.3, -0.25) is 0 Å². The van der Waals surface area contributed by atoms with Gasteiger partial charge in [0.1, 0.15) is 11.7 Å². The highest BCUT2D eigenvalue weighted by atomic mass is 16.6. The van der Waals surface area contributed by atoms with Crippen molar-refractivity contribution >= 4 is 11.9 Å². The zero-order valence-electron chi connectivity index (χ0n) is 15.0. The topological polar surface area (TPSA) is 52.6 Å². The average Bonchev–Trinajstić information content (AvgIpc) is 2.88. The van der Waals surface area contributed by atoms with Crippen molar-refractivity contribution in [3.8, 4) is 0 Å². The fraction of sp³-hybridized carbons (Fsp3) is 0.600. The van der Waals surface area contributed by atoms with Crippen molar-refractivity contribution in [1.82, 2.24) is 0 Å². The standard InChI is InChI=1S/C20H26O4/c1-11(2)10-16(21)24-20(5)9-8-14-12(3)6-7-15-13(4)19(22)23-18(15)17(14)20/h10,15,17-18H,4,6-9H2,1-3,5H3/t15-,17-,18-,20+/m0/s1. The molecule has 0 radical (unpaired) electrons. The van der Waals surface area contributed by atoms with E-state index in [1.165, 1.54) is 17.2 Å². The number of ether oxygens (including phenoxy) is 2. The Morgan fingerprint density at radius 3 is 2.75 bits per heavy atom. The van der Waals surface area contributed by atoms with Crippen LogP contribution in [0.15, 0.2) is 34.9 Å². The highest BCUT2D eigenvalue weighted by Gasteiger charge is 2.56. The average molecular weight is 330 g/mol. The highest BCUT2D eigenvalue weighted by Crippen LogP contribution is 2.53. The SMILES string of the molecule is C=C1C(=O)O[C@H]2[C@H]1CCC(C)=C1CC[C@@](C)(OC(=O)C=C(C)C)[C@@H]12. The monoisotopic (exact) mass is 330 g/mol. The van der Waals surface area contributed by atoms with Crippen LogP contribution in [-0.2, 0) is 19.1 Å². The molecule has 2 aliphatic carbocycles. The second kappa shape index (κ2) is 5.91. The van der Waals surface area contributed by atoms with E-state index < -0.39 is 5.60 Å². The van der Waals surface area contributed by atoms with E-state index in [2.05, 4.69) is 13.5 Å². The van der Waals surface area contributed by atoms with Crippen molar-refractivity contribution in [3.63, 3.8) is 0 Å². The zero-order chi connectivity index (χ0) is 17.6. The van der Waals surface area contributed by atoms with Crippen LogP contribution < -0.4 is 0 Å². The highest BCUT2D eigenvalue weighted by molar-refractivity contribution is 5.91. The van der Waals surface area contributed by atoms with E-state index in [4.69, 9.17) is 9.47 Å². The summed E-state index contributed by atoms with van der Waals surface area (Å²) in [5.74, 6) is -0.661. The van der Waals surface area contributed by atoms with Crippen LogP contribution in [-0.4, -0.2) is 23.6 Å². The van der Waals surface area contributed by atoms with Crippen molar-refractivity contribution in [1.29, 1.82) is 0 Å². The van der Waals surface area contributed by atoms with E-state index in [-0.39, 0.29) is 29.9 Å². The molecule has 1 saturated carbocycles. The minimum Gasteiger partial charge on any atom is -0.458 e. The van der Waals surface area contributed by atoms with Gasteiger partial charge in [0.15, 0.2) is 0 Å². The van der Waals surface area contributed by atoms with Crippen LogP contribution in [0.4, 0.5) is 0 Å². The molecule has 4 heteroatoms. The van der Waals surface area contributed by atoms with Crippen LogP contribution in [0.1, 0.15) is 53.4 Å². The number of carbonyl (C=O) groups excluding carboxylic acids is 2. The molecule has 24 heavy (non-hydrogen) atoms. The van der Waals surface area contributed by atoms with Gasteiger partial charge in [-0.05, 0) is 53.4 Å². The number of rotatable bonds is 2. The molecular formula is C20H26O4. The van der Waals surface area contributed by atoms with E-state index in [9.17, 15) is 9.59 Å². The van der Waals surface area contributed by atoms with E-state index >= 15 is 0 Å². The summed E-state index contributed by atoms with van der Waals surface area (Å²) in [4.78, 5) is 24.3. The maximum absolute atomic E-state index is 12.2. The summed E-state index contributed by atoms with van der Waals surface area (Å²) in [5.41, 5.74) is 3.49. The Hall–Kier alpha value is -1.84. The molecule has 0 spiro atoms. The first-order valence-electron chi connectivity index (χ1n) is 8.69. The summed E-state index contributed by atoms with van der Waals surface area (Å²) in [6, 6.07) is 0. The predicted octanol–water partition coefficient (Wildman–Crippen LogP) is 3.87. The maximum Gasteiger partial charge on any atom is 0.334 e. The van der Waals surface area contributed by atoms with E-state index in [0.29, 0.717) is 5.57 Å². The van der Waals surface area contributed by atoms with Gasteiger partial charge >= 0.3 is 11.9 Å². The molecule has 0 unspecified atom stereocenters. The normalized spacial score (nSPS) is 35.1. The summed E-state index contributed by atoms with van der Waals surface area (Å²) in [7, 11) is 0. The zero-order valence-corrected chi connectivity index (χ0v) is 15.0. The van der Waals surface area contributed by atoms with Gasteiger partial charge < -0.3 is 9.47 Å². The lowest BCUT2D eigenvalue weighted by molar-refractivity contribution is -0.161. The fourth-order valence-corrected chi connectivity index (χ4v) is 4.50. The molecule has 1 saturated heterocycles. The smallest absolute Gasteiger partial charge is 0.334 e. The van der Waals surface area contributed by atoms with Crippen LogP contribution in [0.2, 0.25) is 0 Å². The Labute approximate surface area is 143 Å². The molecule has 1 aliphatic heterocycles. The van der Waals surface area contributed by atoms with Crippen molar-refractivity contribution in [2.24, 2.45) is 11.8 Å². The van der Waals surface area contributed by atoms with Gasteiger partial charge in [-0.1, -0.05) is 23.3 Å². The first kappa shape index (κ1) is 17.0. The minimum absolute atomic E-state index is 0.0227. The summed E-state index contributed by atoms with van der Waals surface area (Å²) >= 11 is 0. The van der Waals surface area contributed by atoms with Crippen LogP contribution in [0.3, 0.4) is 0 Å². The molecule has 3 aliphatic rings. The Morgan fingerprint density at radius 1 is 1.38 bits per heavy atom. The second-order valence-corrected chi connectivity index (χ2v) is 7.78. The third-order valence-corrected chi connectivity index (χ3v) is 5.72. The Kier molecular flexibility index (Phi) is 4.18. The van der Waals surface area contributed by atoms with Gasteiger partial charge in [0.05, 0.1) is 5.92 Å². The molecule has 4 nitrogen and oxygen atoms in total. The molecule has 2 fully saturated rings. The molecule has 0 bridgehead atoms. The predicted molar refractivity (Wildman–Crippen MR) is 91.1 cm³/mol. The number of allylic oxidation sites excluding steroid dienone is 2. The Bertz CT molecular complexity index is 665. The van der Waals surface area contributed by atoms with Crippen LogP contribution >= 0.6 is 0 Å². The first-order chi connectivity index (χ1) is 11.2. The maximum atomic E-state index is 12.2. The quantitative estimate of drug-likeness (QED) is 0.438. The molecule has 4 atom stereocenters. The number of hydrogen-bond acceptors (Lipinski definition) is 4. The number of esters is 2. The molecule has 0 N–H and O–H groups in total. The van der Waals surface area contributed by atoms with E-state index in [1.807, 2.05) is 20.8 Å². The molecule has 1 heterocycles. The molecule has 0 amide bonds. The summed E-state index contributed by atoms with van der Waals surface area (Å²) in [6.07, 6.45) is 4.74. The number of carbonyl (C=O) groups is 2. The summed E-state index contributed by atoms with van der Waals surface area (Å²) < 4.78 is 11.6. The summed E-state index contributed by atoms with van der Waals surface area (Å²) in [5, 5.41) is 0. The van der Waals surface area contributed by atoms with Crippen molar-refractivity contribution in [2.75, 3.05) is 0 Å². The van der Waals surface area contributed by atoms with E-state index in [1.54, 1.807) is 0 Å². The Morgan fingerprint density at radius 2 is 2.08 bits per heavy atom. The molecular weight excluding hydrogens is 304 g/mol. The summed E-state index contributed by atoms with van der Waals surface area (Å²) in [6.45, 7) is 11.8. The third-order valence-electron chi connectivity index (χ3n) is 5.72.